The van der Waals surface area contributed by atoms with Gasteiger partial charge >= 0.3 is 0 Å². The molecular weight excluding hydrogens is 226 g/mol. The minimum Gasteiger partial charge on any atom is -0.487 e. The summed E-state index contributed by atoms with van der Waals surface area (Å²) < 4.78 is 28.8. The van der Waals surface area contributed by atoms with Gasteiger partial charge in [0.2, 0.25) is 10.0 Å². The van der Waals surface area contributed by atoms with E-state index >= 15 is 0 Å². The number of hydrogen-bond acceptors (Lipinski definition) is 3. The van der Waals surface area contributed by atoms with Crippen molar-refractivity contribution in [2.24, 2.45) is 5.14 Å². The summed E-state index contributed by atoms with van der Waals surface area (Å²) in [5, 5.41) is 4.59. The maximum Gasteiger partial charge on any atom is 0.216 e. The third kappa shape index (κ3) is 2.05. The lowest BCUT2D eigenvalue weighted by Crippen LogP contribution is -2.38. The number of sulfonamides is 1. The molecule has 0 saturated carbocycles. The molecule has 5 heteroatoms. The van der Waals surface area contributed by atoms with Gasteiger partial charge in [0.15, 0.2) is 0 Å². The van der Waals surface area contributed by atoms with Crippen LogP contribution in [0.3, 0.4) is 0 Å². The summed E-state index contributed by atoms with van der Waals surface area (Å²) >= 11 is 0. The Morgan fingerprint density at radius 3 is 2.62 bits per heavy atom. The monoisotopic (exact) mass is 241 g/mol. The van der Waals surface area contributed by atoms with Gasteiger partial charge in [-0.2, -0.15) is 0 Å². The number of ether oxygens (including phenoxy) is 1. The number of para-hydroxylation sites is 1. The van der Waals surface area contributed by atoms with Crippen LogP contribution in [-0.2, 0) is 10.0 Å². The number of benzene rings is 1. The average molecular weight is 241 g/mol. The molecule has 0 spiro atoms. The highest BCUT2D eigenvalue weighted by Gasteiger charge is 2.38. The second-order valence-electron chi connectivity index (χ2n) is 4.68. The van der Waals surface area contributed by atoms with Crippen molar-refractivity contribution in [3.8, 4) is 5.75 Å². The quantitative estimate of drug-likeness (QED) is 0.811. The molecule has 1 heterocycles. The van der Waals surface area contributed by atoms with Crippen molar-refractivity contribution in [3.05, 3.63) is 29.8 Å². The normalized spacial score (nSPS) is 23.3. The van der Waals surface area contributed by atoms with Crippen molar-refractivity contribution in [1.82, 2.24) is 0 Å². The molecule has 0 saturated heterocycles. The van der Waals surface area contributed by atoms with Crippen LogP contribution in [0.5, 0.6) is 5.75 Å². The molecule has 2 N–H and O–H groups in total. The summed E-state index contributed by atoms with van der Waals surface area (Å²) in [4.78, 5) is 0. The SMILES string of the molecule is CC1(C)CC(S(N)(=O)=O)c2ccccc2O1. The molecule has 1 aromatic carbocycles. The Morgan fingerprint density at radius 1 is 1.38 bits per heavy atom. The molecule has 88 valence electrons. The van der Waals surface area contributed by atoms with Gasteiger partial charge in [-0.25, -0.2) is 13.6 Å². The van der Waals surface area contributed by atoms with Gasteiger partial charge in [0.25, 0.3) is 0 Å². The van der Waals surface area contributed by atoms with E-state index in [0.29, 0.717) is 17.7 Å². The van der Waals surface area contributed by atoms with E-state index in [1.165, 1.54) is 0 Å². The molecule has 1 aliphatic rings. The zero-order valence-electron chi connectivity index (χ0n) is 9.30. The van der Waals surface area contributed by atoms with E-state index < -0.39 is 20.9 Å². The van der Waals surface area contributed by atoms with Gasteiger partial charge in [0.05, 0.1) is 0 Å². The Labute approximate surface area is 95.5 Å². The van der Waals surface area contributed by atoms with Crippen LogP contribution in [0.25, 0.3) is 0 Å². The third-order valence-electron chi connectivity index (χ3n) is 2.73. The molecule has 2 rings (SSSR count). The predicted molar refractivity (Wildman–Crippen MR) is 61.6 cm³/mol. The number of hydrogen-bond donors (Lipinski definition) is 1. The van der Waals surface area contributed by atoms with Crippen LogP contribution < -0.4 is 9.88 Å². The molecule has 1 aromatic rings. The van der Waals surface area contributed by atoms with Crippen LogP contribution in [0.15, 0.2) is 24.3 Å². The second kappa shape index (κ2) is 3.46. The van der Waals surface area contributed by atoms with Crippen molar-refractivity contribution in [2.45, 2.75) is 31.1 Å². The van der Waals surface area contributed by atoms with Crippen molar-refractivity contribution < 1.29 is 13.2 Å². The van der Waals surface area contributed by atoms with E-state index in [1.54, 1.807) is 18.2 Å². The Balaban J connectivity index is 2.57. The highest BCUT2D eigenvalue weighted by molar-refractivity contribution is 7.89. The molecule has 1 aliphatic heterocycles. The number of rotatable bonds is 1. The molecule has 0 aromatic heterocycles. The first-order chi connectivity index (χ1) is 7.30. The van der Waals surface area contributed by atoms with E-state index in [-0.39, 0.29) is 0 Å². The molecule has 0 bridgehead atoms. The van der Waals surface area contributed by atoms with E-state index in [9.17, 15) is 8.42 Å². The van der Waals surface area contributed by atoms with Gasteiger partial charge in [-0.1, -0.05) is 18.2 Å². The fraction of sp³-hybridized carbons (Fsp3) is 0.455. The Hall–Kier alpha value is -1.07. The zero-order valence-corrected chi connectivity index (χ0v) is 10.1. The molecule has 0 radical (unpaired) electrons. The highest BCUT2D eigenvalue weighted by Crippen LogP contribution is 2.42. The largest absolute Gasteiger partial charge is 0.487 e. The predicted octanol–water partition coefficient (Wildman–Crippen LogP) is 1.58. The fourth-order valence-electron chi connectivity index (χ4n) is 2.03. The summed E-state index contributed by atoms with van der Waals surface area (Å²) in [6, 6.07) is 7.13. The van der Waals surface area contributed by atoms with Crippen LogP contribution in [0.4, 0.5) is 0 Å². The van der Waals surface area contributed by atoms with Crippen molar-refractivity contribution in [3.63, 3.8) is 0 Å². The summed E-state index contributed by atoms with van der Waals surface area (Å²) in [6.45, 7) is 3.72. The van der Waals surface area contributed by atoms with Crippen LogP contribution in [0.2, 0.25) is 0 Å². The first kappa shape index (κ1) is 11.4. The smallest absolute Gasteiger partial charge is 0.216 e. The molecule has 1 unspecified atom stereocenters. The van der Waals surface area contributed by atoms with Gasteiger partial charge in [-0.3, -0.25) is 0 Å². The maximum atomic E-state index is 11.6. The highest BCUT2D eigenvalue weighted by atomic mass is 32.2. The average Bonchev–Trinajstić information content (AvgIpc) is 2.13. The van der Waals surface area contributed by atoms with E-state index in [4.69, 9.17) is 9.88 Å². The molecule has 0 aliphatic carbocycles. The van der Waals surface area contributed by atoms with Gasteiger partial charge < -0.3 is 4.74 Å². The van der Waals surface area contributed by atoms with Crippen LogP contribution in [0, 0.1) is 0 Å². The minimum absolute atomic E-state index is 0.378. The van der Waals surface area contributed by atoms with Crippen LogP contribution in [0.1, 0.15) is 31.1 Å². The second-order valence-corrected chi connectivity index (χ2v) is 6.43. The summed E-state index contributed by atoms with van der Waals surface area (Å²) in [5.41, 5.74) is 0.148. The van der Waals surface area contributed by atoms with Gasteiger partial charge in [0, 0.05) is 12.0 Å². The molecule has 0 fully saturated rings. The van der Waals surface area contributed by atoms with Gasteiger partial charge in [-0.15, -0.1) is 0 Å². The standard InChI is InChI=1S/C11H15NO3S/c1-11(2)7-10(16(12,13)14)8-5-3-4-6-9(8)15-11/h3-6,10H,7H2,1-2H3,(H2,12,13,14). The summed E-state index contributed by atoms with van der Waals surface area (Å²) in [7, 11) is -3.59. The molecule has 1 atom stereocenters. The molecule has 4 nitrogen and oxygen atoms in total. The Morgan fingerprint density at radius 2 is 2.00 bits per heavy atom. The van der Waals surface area contributed by atoms with E-state index in [0.717, 1.165) is 0 Å². The van der Waals surface area contributed by atoms with Gasteiger partial charge in [-0.05, 0) is 19.9 Å². The van der Waals surface area contributed by atoms with Crippen LogP contribution in [-0.4, -0.2) is 14.0 Å². The minimum atomic E-state index is -3.59. The molecular formula is C11H15NO3S. The van der Waals surface area contributed by atoms with E-state index in [1.807, 2.05) is 19.9 Å². The lowest BCUT2D eigenvalue weighted by molar-refractivity contribution is 0.0821. The van der Waals surface area contributed by atoms with Gasteiger partial charge in [0.1, 0.15) is 16.6 Å². The third-order valence-corrected chi connectivity index (χ3v) is 3.94. The molecule has 16 heavy (non-hydrogen) atoms. The number of fused-ring (bicyclic) bond motifs is 1. The fourth-order valence-corrected chi connectivity index (χ4v) is 3.21. The Kier molecular flexibility index (Phi) is 2.47. The van der Waals surface area contributed by atoms with Crippen molar-refractivity contribution in [2.75, 3.05) is 0 Å². The molecule has 0 amide bonds. The summed E-state index contributed by atoms with van der Waals surface area (Å²) in [6.07, 6.45) is 0.378. The summed E-state index contributed by atoms with van der Waals surface area (Å²) in [5.74, 6) is 0.609. The Bertz CT molecular complexity index is 508. The van der Waals surface area contributed by atoms with Crippen molar-refractivity contribution >= 4 is 10.0 Å². The lowest BCUT2D eigenvalue weighted by atomic mass is 9.94. The number of primary sulfonamides is 1. The van der Waals surface area contributed by atoms with E-state index in [2.05, 4.69) is 0 Å². The maximum absolute atomic E-state index is 11.6. The lowest BCUT2D eigenvalue weighted by Gasteiger charge is -2.36. The zero-order chi connectivity index (χ0) is 12.0. The first-order valence-electron chi connectivity index (χ1n) is 5.09. The number of nitrogens with two attached hydrogens (primary N) is 1. The first-order valence-corrected chi connectivity index (χ1v) is 6.70. The van der Waals surface area contributed by atoms with Crippen molar-refractivity contribution in [1.29, 1.82) is 0 Å². The topological polar surface area (TPSA) is 69.4 Å². The van der Waals surface area contributed by atoms with Crippen LogP contribution >= 0.6 is 0 Å².